The average molecular weight is 641 g/mol. The molecule has 2 N–H and O–H groups in total. The topological polar surface area (TPSA) is 154 Å². The van der Waals surface area contributed by atoms with E-state index in [1.54, 1.807) is 0 Å². The van der Waals surface area contributed by atoms with E-state index in [0.717, 1.165) is 35.7 Å². The van der Waals surface area contributed by atoms with Gasteiger partial charge in [-0.05, 0) is 37.6 Å². The van der Waals surface area contributed by atoms with Gasteiger partial charge in [-0.1, -0.05) is 76.1 Å². The molecular formula is C30H39F3N4O6S. The van der Waals surface area contributed by atoms with E-state index in [0.29, 0.717) is 12.6 Å². The summed E-state index contributed by atoms with van der Waals surface area (Å²) in [6, 6.07) is 9.47. The molecule has 242 valence electrons. The lowest BCUT2D eigenvalue weighted by Crippen LogP contribution is -2.36. The van der Waals surface area contributed by atoms with Gasteiger partial charge in [0, 0.05) is 12.6 Å². The summed E-state index contributed by atoms with van der Waals surface area (Å²) >= 11 is 0. The number of aliphatic carboxylic acids is 1. The zero-order valence-electron chi connectivity index (χ0n) is 24.6. The molecule has 1 heterocycles. The number of rotatable bonds is 15. The van der Waals surface area contributed by atoms with Crippen molar-refractivity contribution < 1.29 is 36.4 Å². The van der Waals surface area contributed by atoms with Crippen LogP contribution in [0, 0.1) is 21.4 Å². The van der Waals surface area contributed by atoms with E-state index in [1.165, 1.54) is 69.6 Å². The largest absolute Gasteiger partial charge is 0.480 e. The molecule has 0 unspecified atom stereocenters. The van der Waals surface area contributed by atoms with E-state index in [1.807, 2.05) is 0 Å². The lowest BCUT2D eigenvalue weighted by molar-refractivity contribution is -0.384. The Bertz CT molecular complexity index is 1380. The number of benzene rings is 2. The van der Waals surface area contributed by atoms with Crippen LogP contribution in [0.2, 0.25) is 0 Å². The molecular weight excluding hydrogens is 601 g/mol. The number of carboxylic acids is 1. The number of carbonyl (C=O) groups is 1. The fraction of sp³-hybridized carbons (Fsp3) is 0.533. The molecule has 0 aliphatic carbocycles. The fourth-order valence-electron chi connectivity index (χ4n) is 5.04. The molecule has 0 bridgehead atoms. The van der Waals surface area contributed by atoms with Gasteiger partial charge in [0.1, 0.15) is 11.7 Å². The number of sulfone groups is 1. The number of nitrogens with zero attached hydrogens (tertiary/aromatic N) is 3. The maximum absolute atomic E-state index is 13.3. The lowest BCUT2D eigenvalue weighted by atomic mass is 10.1. The molecule has 0 amide bonds. The molecule has 1 aliphatic rings. The van der Waals surface area contributed by atoms with Crippen LogP contribution < -0.4 is 10.2 Å². The van der Waals surface area contributed by atoms with Crippen molar-refractivity contribution in [3.63, 3.8) is 0 Å². The Labute approximate surface area is 255 Å². The summed E-state index contributed by atoms with van der Waals surface area (Å²) in [6.07, 6.45) is 5.36. The minimum atomic E-state index is -4.92. The average Bonchev–Trinajstić information content (AvgIpc) is 3.45. The lowest BCUT2D eigenvalue weighted by Gasteiger charge is -2.23. The highest BCUT2D eigenvalue weighted by molar-refractivity contribution is 7.92. The van der Waals surface area contributed by atoms with Gasteiger partial charge in [0.05, 0.1) is 33.2 Å². The zero-order chi connectivity index (χ0) is 32.8. The van der Waals surface area contributed by atoms with Crippen LogP contribution in [0.25, 0.3) is 0 Å². The number of nitro groups is 1. The van der Waals surface area contributed by atoms with Crippen molar-refractivity contribution in [1.29, 1.82) is 5.26 Å². The Kier molecular flexibility index (Phi) is 14.6. The second-order valence-electron chi connectivity index (χ2n) is 10.5. The quantitative estimate of drug-likeness (QED) is 0.0980. The first-order valence-corrected chi connectivity index (χ1v) is 16.1. The molecule has 0 saturated carbocycles. The van der Waals surface area contributed by atoms with Crippen molar-refractivity contribution in [2.75, 3.05) is 24.5 Å². The smallest absolute Gasteiger partial charge is 0.417 e. The van der Waals surface area contributed by atoms with Crippen molar-refractivity contribution in [2.24, 2.45) is 0 Å². The van der Waals surface area contributed by atoms with E-state index in [9.17, 15) is 41.6 Å². The minimum Gasteiger partial charge on any atom is -0.480 e. The van der Waals surface area contributed by atoms with Crippen LogP contribution >= 0.6 is 0 Å². The van der Waals surface area contributed by atoms with Gasteiger partial charge in [-0.2, -0.15) is 18.4 Å². The number of nitriles is 1. The molecule has 1 aliphatic heterocycles. The Morgan fingerprint density at radius 2 is 1.66 bits per heavy atom. The molecule has 3 rings (SSSR count). The predicted molar refractivity (Wildman–Crippen MR) is 160 cm³/mol. The molecule has 1 fully saturated rings. The fourth-order valence-corrected chi connectivity index (χ4v) is 6.95. The second-order valence-corrected chi connectivity index (χ2v) is 12.7. The van der Waals surface area contributed by atoms with Crippen LogP contribution in [0.15, 0.2) is 53.4 Å². The summed E-state index contributed by atoms with van der Waals surface area (Å²) in [7, 11) is -4.59. The molecule has 2 aromatic rings. The molecule has 0 spiro atoms. The van der Waals surface area contributed by atoms with Crippen LogP contribution in [0.1, 0.15) is 70.3 Å². The Morgan fingerprint density at radius 1 is 1.07 bits per heavy atom. The van der Waals surface area contributed by atoms with Gasteiger partial charge in [0.15, 0.2) is 9.84 Å². The van der Waals surface area contributed by atoms with Crippen LogP contribution in [-0.2, 0) is 20.8 Å². The van der Waals surface area contributed by atoms with Gasteiger partial charge in [-0.25, -0.2) is 13.2 Å². The van der Waals surface area contributed by atoms with Crippen molar-refractivity contribution >= 4 is 27.2 Å². The van der Waals surface area contributed by atoms with Crippen LogP contribution in [0.3, 0.4) is 0 Å². The van der Waals surface area contributed by atoms with E-state index >= 15 is 0 Å². The third-order valence-electron chi connectivity index (χ3n) is 7.28. The van der Waals surface area contributed by atoms with E-state index in [2.05, 4.69) is 18.3 Å². The highest BCUT2D eigenvalue weighted by atomic mass is 32.2. The van der Waals surface area contributed by atoms with Gasteiger partial charge < -0.3 is 15.3 Å². The SMILES string of the molecule is CCCCCCCCCCNCC#N.O=C(O)[C@@H]1C[C@@H](S(=O)(=O)c2ccccc2C(F)(F)F)CN1c1ccccc1[N+](=O)[O-]. The Hall–Kier alpha value is -3.70. The first-order chi connectivity index (χ1) is 20.9. The summed E-state index contributed by atoms with van der Waals surface area (Å²) in [5, 5.41) is 30.7. The van der Waals surface area contributed by atoms with E-state index in [4.69, 9.17) is 5.26 Å². The van der Waals surface area contributed by atoms with Crippen molar-refractivity contribution in [1.82, 2.24) is 5.32 Å². The highest BCUT2D eigenvalue weighted by Gasteiger charge is 2.47. The number of unbranched alkanes of at least 4 members (excludes halogenated alkanes) is 7. The number of nitro benzene ring substituents is 1. The number of hydrogen-bond acceptors (Lipinski definition) is 8. The predicted octanol–water partition coefficient (Wildman–Crippen LogP) is 6.36. The van der Waals surface area contributed by atoms with Crippen LogP contribution in [0.5, 0.6) is 0 Å². The number of nitrogens with one attached hydrogen (secondary N) is 1. The van der Waals surface area contributed by atoms with Crippen molar-refractivity contribution in [3.05, 3.63) is 64.2 Å². The van der Waals surface area contributed by atoms with Crippen molar-refractivity contribution in [3.8, 4) is 6.07 Å². The number of anilines is 1. The number of carboxylic acid groups (broad SMARTS) is 1. The molecule has 10 nitrogen and oxygen atoms in total. The molecule has 44 heavy (non-hydrogen) atoms. The molecule has 14 heteroatoms. The van der Waals surface area contributed by atoms with Gasteiger partial charge in [-0.15, -0.1) is 0 Å². The van der Waals surface area contributed by atoms with Gasteiger partial charge >= 0.3 is 12.1 Å². The Balaban J connectivity index is 0.000000408. The summed E-state index contributed by atoms with van der Waals surface area (Å²) in [6.45, 7) is 3.25. The second kappa shape index (κ2) is 17.6. The number of alkyl halides is 3. The normalized spacial score (nSPS) is 16.6. The van der Waals surface area contributed by atoms with Gasteiger partial charge in [-0.3, -0.25) is 10.1 Å². The first-order valence-electron chi connectivity index (χ1n) is 14.6. The molecule has 2 atom stereocenters. The third kappa shape index (κ3) is 10.5. The summed E-state index contributed by atoms with van der Waals surface area (Å²) < 4.78 is 66.0. The summed E-state index contributed by atoms with van der Waals surface area (Å²) in [4.78, 5) is 22.4. The number of para-hydroxylation sites is 2. The third-order valence-corrected chi connectivity index (χ3v) is 9.47. The first kappa shape index (κ1) is 36.5. The van der Waals surface area contributed by atoms with Crippen molar-refractivity contribution in [2.45, 2.75) is 87.1 Å². The molecule has 1 saturated heterocycles. The zero-order valence-corrected chi connectivity index (χ0v) is 25.4. The molecule has 0 radical (unpaired) electrons. The van der Waals surface area contributed by atoms with Crippen LogP contribution in [-0.4, -0.2) is 55.3 Å². The van der Waals surface area contributed by atoms with E-state index < -0.39 is 67.3 Å². The highest BCUT2D eigenvalue weighted by Crippen LogP contribution is 2.40. The number of hydrogen-bond donors (Lipinski definition) is 2. The van der Waals surface area contributed by atoms with Gasteiger partial charge in [0.2, 0.25) is 0 Å². The summed E-state index contributed by atoms with van der Waals surface area (Å²) in [5.74, 6) is -1.44. The minimum absolute atomic E-state index is 0.114. The Morgan fingerprint density at radius 3 is 2.25 bits per heavy atom. The van der Waals surface area contributed by atoms with E-state index in [-0.39, 0.29) is 5.69 Å². The molecule has 2 aromatic carbocycles. The number of halogens is 3. The maximum Gasteiger partial charge on any atom is 0.417 e. The monoisotopic (exact) mass is 640 g/mol. The van der Waals surface area contributed by atoms with Crippen LogP contribution in [0.4, 0.5) is 24.5 Å². The maximum atomic E-state index is 13.3. The molecule has 0 aromatic heterocycles. The summed E-state index contributed by atoms with van der Waals surface area (Å²) in [5.41, 5.74) is -1.89. The van der Waals surface area contributed by atoms with Gasteiger partial charge in [0.25, 0.3) is 5.69 Å². The standard InChI is InChI=1S/C18H15F3N2O6S.C12H24N2/c19-18(20,21)12-5-1-4-8-16(12)30(28,29)11-9-15(17(24)25)22(10-11)13-6-2-3-7-14(13)23(26)27;1-2-3-4-5-6-7-8-9-11-14-12-10-13/h1-8,11,15H,9-10H2,(H,24,25);14H,2-9,11-12H2,1H3/t11-,15+;/m1./s1.